The number of piperidine rings is 1. The maximum atomic E-state index is 5.48. The number of hydrogen-bond acceptors (Lipinski definition) is 3. The minimum Gasteiger partial charge on any atom is -0.495 e. The smallest absolute Gasteiger partial charge is 0.142 e. The fourth-order valence-electron chi connectivity index (χ4n) is 3.49. The summed E-state index contributed by atoms with van der Waals surface area (Å²) in [5, 5.41) is 3.69. The van der Waals surface area contributed by atoms with Crippen LogP contribution in [0.2, 0.25) is 0 Å². The highest BCUT2D eigenvalue weighted by Crippen LogP contribution is 2.31. The minimum atomic E-state index is 0.593. The van der Waals surface area contributed by atoms with E-state index >= 15 is 0 Å². The third-order valence-corrected chi connectivity index (χ3v) is 4.54. The Bertz CT molecular complexity index is 446. The average Bonchev–Trinajstić information content (AvgIpc) is 2.88. The van der Waals surface area contributed by atoms with Gasteiger partial charge in [-0.05, 0) is 56.8 Å². The fourth-order valence-corrected chi connectivity index (χ4v) is 3.49. The Morgan fingerprint density at radius 3 is 3.00 bits per heavy atom. The molecule has 1 aromatic carbocycles. The number of nitrogens with one attached hydrogen (secondary N) is 1. The van der Waals surface area contributed by atoms with Crippen molar-refractivity contribution in [3.8, 4) is 5.75 Å². The topological polar surface area (TPSA) is 24.5 Å². The lowest BCUT2D eigenvalue weighted by Gasteiger charge is -2.35. The summed E-state index contributed by atoms with van der Waals surface area (Å²) in [5.74, 6) is 0.967. The monoisotopic (exact) mass is 260 g/mol. The first-order chi connectivity index (χ1) is 9.26. The number of anilines is 1. The molecule has 2 unspecified atom stereocenters. The van der Waals surface area contributed by atoms with E-state index in [4.69, 9.17) is 4.74 Å². The molecule has 2 atom stereocenters. The van der Waals surface area contributed by atoms with Gasteiger partial charge >= 0.3 is 0 Å². The molecule has 0 radical (unpaired) electrons. The van der Waals surface area contributed by atoms with Crippen LogP contribution in [0.1, 0.15) is 31.2 Å². The van der Waals surface area contributed by atoms with Gasteiger partial charge in [0.15, 0.2) is 0 Å². The molecule has 3 rings (SSSR count). The first-order valence-corrected chi connectivity index (χ1v) is 7.41. The number of hydrogen-bond donors (Lipinski definition) is 1. The summed E-state index contributed by atoms with van der Waals surface area (Å²) in [5.41, 5.74) is 2.39. The van der Waals surface area contributed by atoms with Crippen LogP contribution in [-0.4, -0.2) is 37.2 Å². The van der Waals surface area contributed by atoms with E-state index in [1.165, 1.54) is 44.3 Å². The standard InChI is InChI=1S/C16H24N2O/c1-12-5-6-15(16(10-12)19-2)17-13-7-9-18-8-3-4-14(18)11-13/h5-6,10,13-14,17H,3-4,7-9,11H2,1-2H3. The summed E-state index contributed by atoms with van der Waals surface area (Å²) in [6.45, 7) is 4.66. The summed E-state index contributed by atoms with van der Waals surface area (Å²) in [6, 6.07) is 7.80. The molecule has 2 aliphatic heterocycles. The van der Waals surface area contributed by atoms with Crippen molar-refractivity contribution in [2.45, 2.75) is 44.7 Å². The Labute approximate surface area is 115 Å². The first kappa shape index (κ1) is 12.8. The number of aryl methyl sites for hydroxylation is 1. The summed E-state index contributed by atoms with van der Waals surface area (Å²) < 4.78 is 5.48. The van der Waals surface area contributed by atoms with E-state index in [0.717, 1.165) is 17.5 Å². The Hall–Kier alpha value is -1.22. The predicted molar refractivity (Wildman–Crippen MR) is 79.0 cm³/mol. The molecule has 2 aliphatic rings. The number of ether oxygens (including phenoxy) is 1. The molecule has 0 amide bonds. The van der Waals surface area contributed by atoms with Crippen molar-refractivity contribution >= 4 is 5.69 Å². The zero-order valence-corrected chi connectivity index (χ0v) is 12.0. The number of methoxy groups -OCH3 is 1. The molecule has 19 heavy (non-hydrogen) atoms. The molecule has 2 saturated heterocycles. The lowest BCUT2D eigenvalue weighted by molar-refractivity contribution is 0.188. The molecule has 0 saturated carbocycles. The Kier molecular flexibility index (Phi) is 3.65. The van der Waals surface area contributed by atoms with Crippen molar-refractivity contribution in [1.82, 2.24) is 4.90 Å². The maximum Gasteiger partial charge on any atom is 0.142 e. The number of fused-ring (bicyclic) bond motifs is 1. The molecule has 1 N–H and O–H groups in total. The fraction of sp³-hybridized carbons (Fsp3) is 0.625. The molecule has 3 nitrogen and oxygen atoms in total. The number of rotatable bonds is 3. The second kappa shape index (κ2) is 5.41. The second-order valence-electron chi connectivity index (χ2n) is 5.90. The van der Waals surface area contributed by atoms with Crippen LogP contribution in [0.25, 0.3) is 0 Å². The molecule has 1 aromatic rings. The van der Waals surface area contributed by atoms with Gasteiger partial charge < -0.3 is 15.0 Å². The van der Waals surface area contributed by atoms with E-state index in [9.17, 15) is 0 Å². The normalized spacial score (nSPS) is 27.1. The molecule has 0 spiro atoms. The van der Waals surface area contributed by atoms with E-state index in [-0.39, 0.29) is 0 Å². The predicted octanol–water partition coefficient (Wildman–Crippen LogP) is 3.04. The van der Waals surface area contributed by atoms with Crippen LogP contribution in [0.5, 0.6) is 5.75 Å². The van der Waals surface area contributed by atoms with Gasteiger partial charge in [-0.3, -0.25) is 0 Å². The molecule has 104 valence electrons. The third-order valence-electron chi connectivity index (χ3n) is 4.54. The van der Waals surface area contributed by atoms with Gasteiger partial charge in [0.05, 0.1) is 12.8 Å². The Balaban J connectivity index is 1.68. The van der Waals surface area contributed by atoms with Crippen molar-refractivity contribution in [3.63, 3.8) is 0 Å². The van der Waals surface area contributed by atoms with Gasteiger partial charge in [0.2, 0.25) is 0 Å². The molecular formula is C16H24N2O. The van der Waals surface area contributed by atoms with Gasteiger partial charge in [-0.15, -0.1) is 0 Å². The molecule has 2 heterocycles. The highest BCUT2D eigenvalue weighted by Gasteiger charge is 2.31. The number of benzene rings is 1. The van der Waals surface area contributed by atoms with Crippen LogP contribution < -0.4 is 10.1 Å². The van der Waals surface area contributed by atoms with E-state index in [0.29, 0.717) is 6.04 Å². The SMILES string of the molecule is COc1cc(C)ccc1NC1CCN2CCCC2C1. The summed E-state index contributed by atoms with van der Waals surface area (Å²) >= 11 is 0. The highest BCUT2D eigenvalue weighted by molar-refractivity contribution is 5.58. The highest BCUT2D eigenvalue weighted by atomic mass is 16.5. The van der Waals surface area contributed by atoms with Crippen molar-refractivity contribution in [1.29, 1.82) is 0 Å². The van der Waals surface area contributed by atoms with Gasteiger partial charge in [-0.2, -0.15) is 0 Å². The lowest BCUT2D eigenvalue weighted by atomic mass is 9.97. The van der Waals surface area contributed by atoms with Crippen molar-refractivity contribution in [3.05, 3.63) is 23.8 Å². The van der Waals surface area contributed by atoms with Gasteiger partial charge in [0.1, 0.15) is 5.75 Å². The maximum absolute atomic E-state index is 5.48. The molecule has 2 fully saturated rings. The van der Waals surface area contributed by atoms with Gasteiger partial charge in [-0.25, -0.2) is 0 Å². The molecule has 3 heteroatoms. The molecular weight excluding hydrogens is 236 g/mol. The van der Waals surface area contributed by atoms with Gasteiger partial charge in [0, 0.05) is 18.6 Å². The van der Waals surface area contributed by atoms with E-state index < -0.39 is 0 Å². The van der Waals surface area contributed by atoms with Crippen LogP contribution in [0, 0.1) is 6.92 Å². The quantitative estimate of drug-likeness (QED) is 0.904. The lowest BCUT2D eigenvalue weighted by Crippen LogP contribution is -2.42. The van der Waals surface area contributed by atoms with Crippen LogP contribution in [0.15, 0.2) is 18.2 Å². The van der Waals surface area contributed by atoms with E-state index in [1.807, 2.05) is 0 Å². The average molecular weight is 260 g/mol. The summed E-state index contributed by atoms with van der Waals surface area (Å²) in [7, 11) is 1.75. The van der Waals surface area contributed by atoms with Crippen molar-refractivity contribution in [2.24, 2.45) is 0 Å². The molecule has 0 aliphatic carbocycles. The van der Waals surface area contributed by atoms with Crippen LogP contribution in [0.4, 0.5) is 5.69 Å². The molecule has 0 bridgehead atoms. The van der Waals surface area contributed by atoms with Crippen LogP contribution in [0.3, 0.4) is 0 Å². The van der Waals surface area contributed by atoms with Crippen LogP contribution >= 0.6 is 0 Å². The van der Waals surface area contributed by atoms with Gasteiger partial charge in [-0.1, -0.05) is 6.07 Å². The minimum absolute atomic E-state index is 0.593. The Morgan fingerprint density at radius 1 is 1.26 bits per heavy atom. The first-order valence-electron chi connectivity index (χ1n) is 7.41. The van der Waals surface area contributed by atoms with E-state index in [1.54, 1.807) is 7.11 Å². The largest absolute Gasteiger partial charge is 0.495 e. The zero-order chi connectivity index (χ0) is 13.2. The third kappa shape index (κ3) is 2.71. The van der Waals surface area contributed by atoms with Crippen molar-refractivity contribution in [2.75, 3.05) is 25.5 Å². The summed E-state index contributed by atoms with van der Waals surface area (Å²) in [4.78, 5) is 2.66. The van der Waals surface area contributed by atoms with Gasteiger partial charge in [0.25, 0.3) is 0 Å². The van der Waals surface area contributed by atoms with E-state index in [2.05, 4.69) is 35.3 Å². The van der Waals surface area contributed by atoms with Crippen LogP contribution in [-0.2, 0) is 0 Å². The zero-order valence-electron chi connectivity index (χ0n) is 12.0. The van der Waals surface area contributed by atoms with Crippen molar-refractivity contribution < 1.29 is 4.74 Å². The number of nitrogens with zero attached hydrogens (tertiary/aromatic N) is 1. The molecule has 0 aromatic heterocycles. The summed E-state index contributed by atoms with van der Waals surface area (Å²) in [6.07, 6.45) is 5.28. The Morgan fingerprint density at radius 2 is 2.16 bits per heavy atom. The second-order valence-corrected chi connectivity index (χ2v) is 5.90.